The molecule has 2 N–H and O–H groups in total. The zero-order chi connectivity index (χ0) is 23.0. The lowest BCUT2D eigenvalue weighted by Crippen LogP contribution is -2.42. The molecule has 4 rings (SSSR count). The first kappa shape index (κ1) is 22.1. The van der Waals surface area contributed by atoms with Crippen LogP contribution in [0.4, 0.5) is 0 Å². The maximum absolute atomic E-state index is 12.8. The van der Waals surface area contributed by atoms with Crippen molar-refractivity contribution in [3.05, 3.63) is 44.5 Å². The first-order valence-corrected chi connectivity index (χ1v) is 11.3. The Morgan fingerprint density at radius 3 is 2.53 bits per heavy atom. The molecule has 1 aliphatic rings. The van der Waals surface area contributed by atoms with Crippen molar-refractivity contribution in [3.8, 4) is 0 Å². The number of rotatable bonds is 7. The van der Waals surface area contributed by atoms with Crippen LogP contribution in [0.15, 0.2) is 19.7 Å². The number of nitrogens with one attached hydrogen (secondary N) is 1. The standard InChI is InChI=1S/C25H29NO6/c1-4-5-9-19(24(28)29)26-21(27)12-17-13(2)16-11-18-15-8-6-7-10-20(15)31-23(18)14(3)22(16)32-25(17)30/h11,19H,4-10,12H2,1-3H3,(H,26,27)(H,28,29)/t19-/m1/s1. The van der Waals surface area contributed by atoms with Gasteiger partial charge >= 0.3 is 11.6 Å². The summed E-state index contributed by atoms with van der Waals surface area (Å²) in [6, 6.07) is 1.04. The number of furan rings is 1. The van der Waals surface area contributed by atoms with Gasteiger partial charge in [0.15, 0.2) is 0 Å². The summed E-state index contributed by atoms with van der Waals surface area (Å²) in [7, 11) is 0. The highest BCUT2D eigenvalue weighted by molar-refractivity contribution is 6.00. The Morgan fingerprint density at radius 2 is 1.81 bits per heavy atom. The predicted octanol–water partition coefficient (Wildman–Crippen LogP) is 4.34. The molecule has 0 saturated heterocycles. The molecule has 2 aromatic heterocycles. The van der Waals surface area contributed by atoms with Crippen molar-refractivity contribution in [2.24, 2.45) is 0 Å². The normalized spacial score (nSPS) is 14.5. The summed E-state index contributed by atoms with van der Waals surface area (Å²) < 4.78 is 11.8. The summed E-state index contributed by atoms with van der Waals surface area (Å²) in [4.78, 5) is 36.8. The monoisotopic (exact) mass is 439 g/mol. The third-order valence-corrected chi connectivity index (χ3v) is 6.54. The van der Waals surface area contributed by atoms with Gasteiger partial charge in [0.25, 0.3) is 0 Å². The van der Waals surface area contributed by atoms with Gasteiger partial charge < -0.3 is 19.3 Å². The van der Waals surface area contributed by atoms with E-state index in [1.54, 1.807) is 0 Å². The molecule has 32 heavy (non-hydrogen) atoms. The Bertz CT molecular complexity index is 1270. The highest BCUT2D eigenvalue weighted by atomic mass is 16.4. The van der Waals surface area contributed by atoms with Crippen LogP contribution in [0.25, 0.3) is 21.9 Å². The fourth-order valence-electron chi connectivity index (χ4n) is 4.69. The van der Waals surface area contributed by atoms with Gasteiger partial charge in [0.05, 0.1) is 12.0 Å². The van der Waals surface area contributed by atoms with Crippen molar-refractivity contribution in [1.82, 2.24) is 5.32 Å². The molecule has 7 nitrogen and oxygen atoms in total. The van der Waals surface area contributed by atoms with Crippen LogP contribution in [0, 0.1) is 13.8 Å². The van der Waals surface area contributed by atoms with Gasteiger partial charge in [-0.05, 0) is 51.2 Å². The molecule has 7 heteroatoms. The lowest BCUT2D eigenvalue weighted by atomic mass is 9.93. The number of aryl methyl sites for hydroxylation is 4. The number of carboxylic acids is 1. The van der Waals surface area contributed by atoms with E-state index in [0.29, 0.717) is 24.0 Å². The van der Waals surface area contributed by atoms with Crippen molar-refractivity contribution in [1.29, 1.82) is 0 Å². The zero-order valence-corrected chi connectivity index (χ0v) is 18.8. The Hall–Kier alpha value is -3.09. The minimum Gasteiger partial charge on any atom is -0.480 e. The minimum atomic E-state index is -1.07. The van der Waals surface area contributed by atoms with E-state index in [-0.39, 0.29) is 12.0 Å². The molecule has 0 saturated carbocycles. The fourth-order valence-corrected chi connectivity index (χ4v) is 4.69. The topological polar surface area (TPSA) is 110 Å². The van der Waals surface area contributed by atoms with E-state index in [2.05, 4.69) is 5.32 Å². The molecule has 1 aliphatic carbocycles. The minimum absolute atomic E-state index is 0.222. The van der Waals surface area contributed by atoms with Gasteiger partial charge in [0, 0.05) is 28.3 Å². The number of carboxylic acid groups (broad SMARTS) is 1. The Labute approximate surface area is 185 Å². The summed E-state index contributed by atoms with van der Waals surface area (Å²) in [6.07, 6.45) is 5.76. The van der Waals surface area contributed by atoms with Crippen molar-refractivity contribution < 1.29 is 23.5 Å². The molecule has 1 aromatic carbocycles. The van der Waals surface area contributed by atoms with E-state index in [1.807, 2.05) is 26.8 Å². The second-order valence-electron chi connectivity index (χ2n) is 8.74. The largest absolute Gasteiger partial charge is 0.480 e. The van der Waals surface area contributed by atoms with Gasteiger partial charge in [-0.3, -0.25) is 4.79 Å². The molecular weight excluding hydrogens is 410 g/mol. The highest BCUT2D eigenvalue weighted by Gasteiger charge is 2.24. The number of unbranched alkanes of at least 4 members (excludes halogenated alkanes) is 1. The number of hydrogen-bond donors (Lipinski definition) is 2. The van der Waals surface area contributed by atoms with E-state index in [4.69, 9.17) is 8.83 Å². The summed E-state index contributed by atoms with van der Waals surface area (Å²) in [6.45, 7) is 5.66. The van der Waals surface area contributed by atoms with Gasteiger partial charge in [0.1, 0.15) is 23.0 Å². The summed E-state index contributed by atoms with van der Waals surface area (Å²) >= 11 is 0. The number of amides is 1. The Kier molecular flexibility index (Phi) is 6.09. The zero-order valence-electron chi connectivity index (χ0n) is 18.8. The van der Waals surface area contributed by atoms with E-state index in [9.17, 15) is 19.5 Å². The molecule has 2 heterocycles. The molecule has 1 amide bonds. The molecule has 0 aliphatic heterocycles. The van der Waals surface area contributed by atoms with Crippen LogP contribution in [0.3, 0.4) is 0 Å². The number of fused-ring (bicyclic) bond motifs is 4. The fraction of sp³-hybridized carbons (Fsp3) is 0.480. The van der Waals surface area contributed by atoms with Gasteiger partial charge in [-0.25, -0.2) is 9.59 Å². The number of hydrogen-bond acceptors (Lipinski definition) is 5. The molecule has 3 aromatic rings. The maximum atomic E-state index is 12.8. The molecule has 0 fully saturated rings. The molecular formula is C25H29NO6. The number of carbonyl (C=O) groups excluding carboxylic acids is 1. The average molecular weight is 440 g/mol. The molecule has 0 unspecified atom stereocenters. The van der Waals surface area contributed by atoms with Crippen molar-refractivity contribution in [3.63, 3.8) is 0 Å². The van der Waals surface area contributed by atoms with Crippen LogP contribution < -0.4 is 10.9 Å². The molecule has 0 spiro atoms. The Balaban J connectivity index is 1.72. The van der Waals surface area contributed by atoms with Crippen molar-refractivity contribution in [2.75, 3.05) is 0 Å². The lowest BCUT2D eigenvalue weighted by molar-refractivity contribution is -0.142. The van der Waals surface area contributed by atoms with Gasteiger partial charge in [-0.15, -0.1) is 0 Å². The third kappa shape index (κ3) is 3.92. The van der Waals surface area contributed by atoms with E-state index >= 15 is 0 Å². The SMILES string of the molecule is CCCC[C@@H](NC(=O)Cc1c(C)c2cc3c4c(oc3c(C)c2oc1=O)CCCC4)C(=O)O. The highest BCUT2D eigenvalue weighted by Crippen LogP contribution is 2.37. The second-order valence-corrected chi connectivity index (χ2v) is 8.74. The van der Waals surface area contributed by atoms with Crippen LogP contribution >= 0.6 is 0 Å². The van der Waals surface area contributed by atoms with E-state index in [1.165, 1.54) is 5.56 Å². The van der Waals surface area contributed by atoms with Crippen LogP contribution in [-0.4, -0.2) is 23.0 Å². The van der Waals surface area contributed by atoms with Crippen molar-refractivity contribution in [2.45, 2.75) is 78.2 Å². The molecule has 0 radical (unpaired) electrons. The van der Waals surface area contributed by atoms with Crippen LogP contribution in [0.1, 0.15) is 67.0 Å². The maximum Gasteiger partial charge on any atom is 0.340 e. The second kappa shape index (κ2) is 8.81. The first-order chi connectivity index (χ1) is 15.3. The van der Waals surface area contributed by atoms with Crippen LogP contribution in [-0.2, 0) is 28.9 Å². The van der Waals surface area contributed by atoms with Gasteiger partial charge in [-0.2, -0.15) is 0 Å². The third-order valence-electron chi connectivity index (χ3n) is 6.54. The Morgan fingerprint density at radius 1 is 1.09 bits per heavy atom. The summed E-state index contributed by atoms with van der Waals surface area (Å²) in [5.41, 5.74) is 3.60. The predicted molar refractivity (Wildman–Crippen MR) is 121 cm³/mol. The van der Waals surface area contributed by atoms with Gasteiger partial charge in [-0.1, -0.05) is 19.8 Å². The quantitative estimate of drug-likeness (QED) is 0.530. The van der Waals surface area contributed by atoms with Crippen molar-refractivity contribution >= 4 is 33.8 Å². The summed E-state index contributed by atoms with van der Waals surface area (Å²) in [5, 5.41) is 13.7. The number of aliphatic carboxylic acids is 1. The van der Waals surface area contributed by atoms with Crippen LogP contribution in [0.2, 0.25) is 0 Å². The lowest BCUT2D eigenvalue weighted by Gasteiger charge is -2.15. The molecule has 1 atom stereocenters. The number of benzene rings is 1. The average Bonchev–Trinajstić information content (AvgIpc) is 3.14. The number of carbonyl (C=O) groups is 2. The molecule has 170 valence electrons. The van der Waals surface area contributed by atoms with Gasteiger partial charge in [0.2, 0.25) is 5.91 Å². The van der Waals surface area contributed by atoms with E-state index in [0.717, 1.165) is 59.8 Å². The summed E-state index contributed by atoms with van der Waals surface area (Å²) in [5.74, 6) is -0.561. The van der Waals surface area contributed by atoms with E-state index < -0.39 is 23.5 Å². The van der Waals surface area contributed by atoms with Crippen LogP contribution in [0.5, 0.6) is 0 Å². The smallest absolute Gasteiger partial charge is 0.340 e. The first-order valence-electron chi connectivity index (χ1n) is 11.3. The molecule has 0 bridgehead atoms.